The van der Waals surface area contributed by atoms with Gasteiger partial charge in [0.2, 0.25) is 0 Å². The summed E-state index contributed by atoms with van der Waals surface area (Å²) in [5.41, 5.74) is 3.88. The molecule has 0 N–H and O–H groups in total. The number of rotatable bonds is 6. The number of pyridine rings is 1. The van der Waals surface area contributed by atoms with Gasteiger partial charge in [-0.2, -0.15) is 5.10 Å². The molecule has 5 rings (SSSR count). The average molecular weight is 469 g/mol. The number of carbonyl (C=O) groups excluding carboxylic acids is 2. The van der Waals surface area contributed by atoms with Crippen LogP contribution in [0.25, 0.3) is 16.6 Å². The van der Waals surface area contributed by atoms with Crippen LogP contribution in [0.4, 0.5) is 0 Å². The van der Waals surface area contributed by atoms with E-state index in [1.165, 1.54) is 0 Å². The summed E-state index contributed by atoms with van der Waals surface area (Å²) >= 11 is 0. The predicted molar refractivity (Wildman–Crippen MR) is 133 cm³/mol. The second kappa shape index (κ2) is 8.98. The van der Waals surface area contributed by atoms with Crippen LogP contribution < -0.4 is 4.74 Å². The van der Waals surface area contributed by atoms with Crippen molar-refractivity contribution in [3.63, 3.8) is 0 Å². The Morgan fingerprint density at radius 2 is 1.91 bits per heavy atom. The molecule has 3 heterocycles. The van der Waals surface area contributed by atoms with Gasteiger partial charge >= 0.3 is 5.97 Å². The van der Waals surface area contributed by atoms with E-state index in [-0.39, 0.29) is 17.3 Å². The maximum absolute atomic E-state index is 13.2. The van der Waals surface area contributed by atoms with E-state index in [1.807, 2.05) is 86.5 Å². The van der Waals surface area contributed by atoms with Crippen molar-refractivity contribution in [1.29, 1.82) is 0 Å². The highest BCUT2D eigenvalue weighted by molar-refractivity contribution is 5.99. The molecule has 0 aliphatic carbocycles. The summed E-state index contributed by atoms with van der Waals surface area (Å²) in [6, 6.07) is 17.2. The van der Waals surface area contributed by atoms with Gasteiger partial charge in [0.1, 0.15) is 0 Å². The lowest BCUT2D eigenvalue weighted by Crippen LogP contribution is -2.27. The highest BCUT2D eigenvalue weighted by Gasteiger charge is 2.30. The van der Waals surface area contributed by atoms with Crippen LogP contribution in [0.5, 0.6) is 5.75 Å². The van der Waals surface area contributed by atoms with Crippen LogP contribution in [-0.2, 0) is 17.8 Å². The smallest absolute Gasteiger partial charge is 0.311 e. The number of amides is 1. The maximum atomic E-state index is 13.2. The Labute approximate surface area is 204 Å². The molecule has 0 spiro atoms. The second-order valence-corrected chi connectivity index (χ2v) is 10.1. The zero-order valence-electron chi connectivity index (χ0n) is 20.2. The molecule has 0 bridgehead atoms. The average Bonchev–Trinajstić information content (AvgIpc) is 3.45. The summed E-state index contributed by atoms with van der Waals surface area (Å²) in [4.78, 5) is 32.4. The molecule has 35 heavy (non-hydrogen) atoms. The van der Waals surface area contributed by atoms with E-state index >= 15 is 0 Å². The van der Waals surface area contributed by atoms with Gasteiger partial charge < -0.3 is 9.64 Å². The van der Waals surface area contributed by atoms with Crippen molar-refractivity contribution in [2.24, 2.45) is 5.41 Å². The Morgan fingerprint density at radius 3 is 2.69 bits per heavy atom. The Hall–Kier alpha value is -4.00. The van der Waals surface area contributed by atoms with E-state index in [9.17, 15) is 9.59 Å². The Balaban J connectivity index is 1.39. The van der Waals surface area contributed by atoms with Gasteiger partial charge in [0.25, 0.3) is 5.91 Å². The van der Waals surface area contributed by atoms with Crippen LogP contribution >= 0.6 is 0 Å². The summed E-state index contributed by atoms with van der Waals surface area (Å²) in [5.74, 6) is 0.157. The lowest BCUT2D eigenvalue weighted by Gasteiger charge is -2.19. The molecule has 0 unspecified atom stereocenters. The van der Waals surface area contributed by atoms with Crippen LogP contribution in [0.3, 0.4) is 0 Å². The van der Waals surface area contributed by atoms with Crippen molar-refractivity contribution >= 4 is 22.8 Å². The van der Waals surface area contributed by atoms with E-state index in [0.29, 0.717) is 42.9 Å². The van der Waals surface area contributed by atoms with E-state index in [4.69, 9.17) is 9.72 Å². The molecule has 2 aromatic heterocycles. The fraction of sp³-hybridized carbons (Fsp3) is 0.286. The van der Waals surface area contributed by atoms with Gasteiger partial charge in [0.05, 0.1) is 23.3 Å². The molecule has 7 nitrogen and oxygen atoms in total. The highest BCUT2D eigenvalue weighted by atomic mass is 16.5. The van der Waals surface area contributed by atoms with E-state index in [0.717, 1.165) is 22.2 Å². The molecular formula is C28H28N4O3. The molecule has 2 aromatic carbocycles. The molecule has 4 aromatic rings. The van der Waals surface area contributed by atoms with Gasteiger partial charge in [-0.1, -0.05) is 45.0 Å². The van der Waals surface area contributed by atoms with Crippen molar-refractivity contribution in [2.45, 2.75) is 40.2 Å². The van der Waals surface area contributed by atoms with Crippen LogP contribution in [0.15, 0.2) is 67.0 Å². The lowest BCUT2D eigenvalue weighted by atomic mass is 9.92. The monoisotopic (exact) mass is 468 g/mol. The highest BCUT2D eigenvalue weighted by Crippen LogP contribution is 2.30. The molecule has 1 amide bonds. The number of aromatic nitrogens is 3. The number of nitrogens with zero attached hydrogens (tertiary/aromatic N) is 4. The van der Waals surface area contributed by atoms with Crippen molar-refractivity contribution in [2.75, 3.05) is 6.54 Å². The van der Waals surface area contributed by atoms with Crippen LogP contribution in [0.2, 0.25) is 0 Å². The molecule has 1 aliphatic heterocycles. The van der Waals surface area contributed by atoms with Crippen molar-refractivity contribution in [3.8, 4) is 11.4 Å². The lowest BCUT2D eigenvalue weighted by molar-refractivity contribution is -0.136. The Morgan fingerprint density at radius 1 is 1.09 bits per heavy atom. The minimum absolute atomic E-state index is 0.0129. The number of fused-ring (bicyclic) bond motifs is 2. The third-order valence-corrected chi connectivity index (χ3v) is 6.05. The second-order valence-electron chi connectivity index (χ2n) is 10.1. The number of hydrogen-bond acceptors (Lipinski definition) is 5. The van der Waals surface area contributed by atoms with Gasteiger partial charge in [0, 0.05) is 48.4 Å². The SMILES string of the molecule is CC(C)(C)CC(=O)Oc1cc2ccccc2nc1CCN1Cc2c(cccc2-n2cccn2)C1=O. The summed E-state index contributed by atoms with van der Waals surface area (Å²) in [7, 11) is 0. The quantitative estimate of drug-likeness (QED) is 0.374. The minimum atomic E-state index is -0.288. The first-order valence-corrected chi connectivity index (χ1v) is 11.8. The number of carbonyl (C=O) groups is 2. The summed E-state index contributed by atoms with van der Waals surface area (Å²) in [6.07, 6.45) is 4.37. The van der Waals surface area contributed by atoms with Crippen LogP contribution in [-0.4, -0.2) is 38.1 Å². The van der Waals surface area contributed by atoms with Crippen LogP contribution in [0, 0.1) is 5.41 Å². The zero-order chi connectivity index (χ0) is 24.6. The van der Waals surface area contributed by atoms with Gasteiger partial charge in [-0.3, -0.25) is 9.59 Å². The van der Waals surface area contributed by atoms with Crippen LogP contribution in [0.1, 0.15) is 48.8 Å². The fourth-order valence-electron chi connectivity index (χ4n) is 4.42. The first-order chi connectivity index (χ1) is 16.8. The van der Waals surface area contributed by atoms with E-state index < -0.39 is 0 Å². The third-order valence-electron chi connectivity index (χ3n) is 6.05. The fourth-order valence-corrected chi connectivity index (χ4v) is 4.42. The standard InChI is InChI=1S/C28H28N4O3/c1-28(2,3)17-26(33)35-25-16-19-8-4-5-10-22(19)30-23(25)12-15-31-18-21-20(27(31)34)9-6-11-24(21)32-14-7-13-29-32/h4-11,13-14,16H,12,15,17-18H2,1-3H3. The topological polar surface area (TPSA) is 77.3 Å². The summed E-state index contributed by atoms with van der Waals surface area (Å²) in [5, 5.41) is 5.24. The van der Waals surface area contributed by atoms with E-state index in [2.05, 4.69) is 5.10 Å². The van der Waals surface area contributed by atoms with Crippen molar-refractivity contribution < 1.29 is 14.3 Å². The molecule has 178 valence electrons. The number of benzene rings is 2. The first kappa shape index (κ1) is 22.8. The Bertz CT molecular complexity index is 1400. The van der Waals surface area contributed by atoms with Crippen molar-refractivity contribution in [1.82, 2.24) is 19.7 Å². The summed E-state index contributed by atoms with van der Waals surface area (Å²) in [6.45, 7) is 6.96. The zero-order valence-corrected chi connectivity index (χ0v) is 20.2. The molecule has 0 radical (unpaired) electrons. The minimum Gasteiger partial charge on any atom is -0.425 e. The number of para-hydroxylation sites is 1. The molecule has 0 saturated carbocycles. The van der Waals surface area contributed by atoms with Gasteiger partial charge in [-0.05, 0) is 35.7 Å². The molecule has 0 fully saturated rings. The van der Waals surface area contributed by atoms with Gasteiger partial charge in [-0.25, -0.2) is 9.67 Å². The van der Waals surface area contributed by atoms with Gasteiger partial charge in [-0.15, -0.1) is 0 Å². The molecular weight excluding hydrogens is 440 g/mol. The molecule has 0 atom stereocenters. The first-order valence-electron chi connectivity index (χ1n) is 11.8. The van der Waals surface area contributed by atoms with Gasteiger partial charge in [0.15, 0.2) is 5.75 Å². The molecule has 1 aliphatic rings. The number of ether oxygens (including phenoxy) is 1. The predicted octanol–water partition coefficient (Wildman–Crippen LogP) is 4.96. The van der Waals surface area contributed by atoms with Crippen molar-refractivity contribution in [3.05, 3.63) is 83.8 Å². The normalized spacial score (nSPS) is 13.3. The van der Waals surface area contributed by atoms with E-state index in [1.54, 1.807) is 10.9 Å². The Kier molecular flexibility index (Phi) is 5.84. The molecule has 0 saturated heterocycles. The largest absolute Gasteiger partial charge is 0.425 e. The third kappa shape index (κ3) is 4.80. The summed E-state index contributed by atoms with van der Waals surface area (Å²) < 4.78 is 7.57. The maximum Gasteiger partial charge on any atom is 0.311 e. The molecule has 7 heteroatoms. The number of hydrogen-bond donors (Lipinski definition) is 0. The number of esters is 1.